The highest BCUT2D eigenvalue weighted by Crippen LogP contribution is 2.45. The predicted octanol–water partition coefficient (Wildman–Crippen LogP) is 2.45. The molecule has 2 fully saturated rings. The van der Waals surface area contributed by atoms with Gasteiger partial charge in [-0.2, -0.15) is 0 Å². The molecule has 1 heterocycles. The van der Waals surface area contributed by atoms with Crippen molar-refractivity contribution in [2.24, 2.45) is 5.92 Å². The summed E-state index contributed by atoms with van der Waals surface area (Å²) in [5.74, 6) is -0.294. The number of fused-ring (bicyclic) bond motifs is 1. The van der Waals surface area contributed by atoms with Gasteiger partial charge in [0.25, 0.3) is 0 Å². The average Bonchev–Trinajstić information content (AvgIpc) is 2.67. The van der Waals surface area contributed by atoms with Crippen LogP contribution in [0.3, 0.4) is 0 Å². The summed E-state index contributed by atoms with van der Waals surface area (Å²) >= 11 is 3.41. The molecule has 0 bridgehead atoms. The molecule has 1 aliphatic carbocycles. The van der Waals surface area contributed by atoms with Crippen molar-refractivity contribution >= 4 is 30.2 Å². The maximum Gasteiger partial charge on any atom is 0.334 e. The van der Waals surface area contributed by atoms with Crippen LogP contribution in [0.15, 0.2) is 0 Å². The van der Waals surface area contributed by atoms with Gasteiger partial charge in [-0.3, -0.25) is 0 Å². The first kappa shape index (κ1) is 15.5. The number of carbonyl (C=O) groups is 1. The van der Waals surface area contributed by atoms with Gasteiger partial charge in [0, 0.05) is 5.92 Å². The lowest BCUT2D eigenvalue weighted by Crippen LogP contribution is -2.46. The minimum Gasteiger partial charge on any atom is -0.459 e. The van der Waals surface area contributed by atoms with Gasteiger partial charge in [0.05, 0.1) is 10.9 Å². The molecule has 0 spiro atoms. The maximum atomic E-state index is 12.0. The number of aliphatic hydroxyl groups is 1. The molecule has 0 aromatic carbocycles. The summed E-state index contributed by atoms with van der Waals surface area (Å²) in [6.07, 6.45) is -0.667. The second-order valence-corrected chi connectivity index (χ2v) is 12.9. The van der Waals surface area contributed by atoms with Gasteiger partial charge in [-0.25, -0.2) is 4.79 Å². The van der Waals surface area contributed by atoms with Gasteiger partial charge in [-0.15, -0.1) is 0 Å². The Hall–Kier alpha value is 0.0869. The minimum absolute atomic E-state index is 0.0269. The van der Waals surface area contributed by atoms with E-state index in [1.807, 2.05) is 0 Å². The Bertz CT molecular complexity index is 379. The summed E-state index contributed by atoms with van der Waals surface area (Å²) < 4.78 is 11.6. The standard InChI is InChI=1S/C13H23BrO4Si/c1-13(2,3)19(4,5)18-11-7-6-8(15)9(14)10(7)17-12(11)16/h7-11,15H,6H2,1-5H3/t7-,8-,9+,10-,11+/m1/s1. The van der Waals surface area contributed by atoms with Crippen LogP contribution in [0.4, 0.5) is 0 Å². The van der Waals surface area contributed by atoms with E-state index < -0.39 is 20.5 Å². The third-order valence-corrected chi connectivity index (χ3v) is 10.3. The van der Waals surface area contributed by atoms with E-state index in [9.17, 15) is 9.90 Å². The molecule has 5 atom stereocenters. The van der Waals surface area contributed by atoms with Crippen LogP contribution in [0.25, 0.3) is 0 Å². The second kappa shape index (κ2) is 4.82. The Morgan fingerprint density at radius 1 is 1.42 bits per heavy atom. The highest BCUT2D eigenvalue weighted by atomic mass is 79.9. The lowest BCUT2D eigenvalue weighted by atomic mass is 10.0. The third-order valence-electron chi connectivity index (χ3n) is 4.72. The number of hydrogen-bond acceptors (Lipinski definition) is 4. The van der Waals surface area contributed by atoms with E-state index in [4.69, 9.17) is 9.16 Å². The predicted molar refractivity (Wildman–Crippen MR) is 78.8 cm³/mol. The molecule has 0 amide bonds. The highest BCUT2D eigenvalue weighted by molar-refractivity contribution is 9.09. The molecule has 2 rings (SSSR count). The number of ether oxygens (including phenoxy) is 1. The van der Waals surface area contributed by atoms with Gasteiger partial charge in [-0.05, 0) is 24.6 Å². The monoisotopic (exact) mass is 350 g/mol. The molecular weight excluding hydrogens is 328 g/mol. The molecule has 0 aromatic heterocycles. The number of aliphatic hydroxyl groups excluding tert-OH is 1. The van der Waals surface area contributed by atoms with Crippen molar-refractivity contribution in [1.29, 1.82) is 0 Å². The Balaban J connectivity index is 2.15. The average molecular weight is 351 g/mol. The van der Waals surface area contributed by atoms with Crippen molar-refractivity contribution in [3.05, 3.63) is 0 Å². The Kier molecular flexibility index (Phi) is 3.93. The van der Waals surface area contributed by atoms with Gasteiger partial charge in [0.2, 0.25) is 0 Å². The van der Waals surface area contributed by atoms with E-state index in [2.05, 4.69) is 49.8 Å². The SMILES string of the molecule is CC(C)(C)[Si](C)(C)O[C@@H]1C(=O)O[C@H]2[C@@H](Br)[C@H](O)C[C@H]21. The van der Waals surface area contributed by atoms with Gasteiger partial charge >= 0.3 is 5.97 Å². The molecule has 0 aromatic rings. The van der Waals surface area contributed by atoms with Gasteiger partial charge in [-0.1, -0.05) is 36.7 Å². The van der Waals surface area contributed by atoms with E-state index >= 15 is 0 Å². The topological polar surface area (TPSA) is 55.8 Å². The van der Waals surface area contributed by atoms with Crippen molar-refractivity contribution in [1.82, 2.24) is 0 Å². The van der Waals surface area contributed by atoms with Crippen LogP contribution in [0.1, 0.15) is 27.2 Å². The summed E-state index contributed by atoms with van der Waals surface area (Å²) in [6, 6.07) is 0. The van der Waals surface area contributed by atoms with Crippen LogP contribution < -0.4 is 0 Å². The molecule has 4 nitrogen and oxygen atoms in total. The Morgan fingerprint density at radius 3 is 2.53 bits per heavy atom. The molecule has 1 N–H and O–H groups in total. The Labute approximate surface area is 124 Å². The number of alkyl halides is 1. The molecule has 0 radical (unpaired) electrons. The molecule has 2 aliphatic rings. The minimum atomic E-state index is -2.01. The van der Waals surface area contributed by atoms with Gasteiger partial charge < -0.3 is 14.3 Å². The number of rotatable bonds is 2. The summed E-state index contributed by atoms with van der Waals surface area (Å²) in [6.45, 7) is 10.7. The van der Waals surface area contributed by atoms with Crippen molar-refractivity contribution in [3.8, 4) is 0 Å². The summed E-state index contributed by atoms with van der Waals surface area (Å²) in [4.78, 5) is 11.8. The summed E-state index contributed by atoms with van der Waals surface area (Å²) in [5, 5.41) is 9.94. The van der Waals surface area contributed by atoms with Crippen LogP contribution in [0.5, 0.6) is 0 Å². The van der Waals surface area contributed by atoms with Crippen LogP contribution in [-0.4, -0.2) is 42.5 Å². The smallest absolute Gasteiger partial charge is 0.334 e. The van der Waals surface area contributed by atoms with Crippen molar-refractivity contribution in [2.45, 2.75) is 68.5 Å². The first-order valence-corrected chi connectivity index (χ1v) is 10.6. The largest absolute Gasteiger partial charge is 0.459 e. The van der Waals surface area contributed by atoms with Gasteiger partial charge in [0.1, 0.15) is 12.2 Å². The zero-order chi connectivity index (χ0) is 14.6. The zero-order valence-corrected chi connectivity index (χ0v) is 14.7. The highest BCUT2D eigenvalue weighted by Gasteiger charge is 2.57. The molecule has 0 unspecified atom stereocenters. The van der Waals surface area contributed by atoms with E-state index in [0.717, 1.165) is 0 Å². The number of halogens is 1. The fourth-order valence-electron chi connectivity index (χ4n) is 2.45. The molecule has 1 saturated carbocycles. The Morgan fingerprint density at radius 2 is 2.00 bits per heavy atom. The summed E-state index contributed by atoms with van der Waals surface area (Å²) in [5.41, 5.74) is 0. The van der Waals surface area contributed by atoms with E-state index in [1.54, 1.807) is 0 Å². The first-order chi connectivity index (χ1) is 8.54. The van der Waals surface area contributed by atoms with Crippen molar-refractivity contribution in [2.75, 3.05) is 0 Å². The quantitative estimate of drug-likeness (QED) is 0.472. The second-order valence-electron chi connectivity index (χ2n) is 7.11. The van der Waals surface area contributed by atoms with Crippen LogP contribution in [0.2, 0.25) is 18.1 Å². The normalized spacial score (nSPS) is 39.3. The zero-order valence-electron chi connectivity index (χ0n) is 12.1. The summed E-state index contributed by atoms with van der Waals surface area (Å²) in [7, 11) is -2.01. The number of carbonyl (C=O) groups excluding carboxylic acids is 1. The molecule has 110 valence electrons. The third kappa shape index (κ3) is 2.64. The lowest BCUT2D eigenvalue weighted by molar-refractivity contribution is -0.147. The van der Waals surface area contributed by atoms with Gasteiger partial charge in [0.15, 0.2) is 8.32 Å². The van der Waals surface area contributed by atoms with E-state index in [-0.39, 0.29) is 27.9 Å². The van der Waals surface area contributed by atoms with E-state index in [1.165, 1.54) is 0 Å². The van der Waals surface area contributed by atoms with Crippen LogP contribution in [0, 0.1) is 5.92 Å². The number of esters is 1. The number of hydrogen-bond donors (Lipinski definition) is 1. The lowest BCUT2D eigenvalue weighted by Gasteiger charge is -2.38. The molecule has 1 saturated heterocycles. The van der Waals surface area contributed by atoms with Crippen molar-refractivity contribution in [3.63, 3.8) is 0 Å². The molecule has 19 heavy (non-hydrogen) atoms. The fraction of sp³-hybridized carbons (Fsp3) is 0.923. The van der Waals surface area contributed by atoms with E-state index in [0.29, 0.717) is 6.42 Å². The molecular formula is C13H23BrO4Si. The van der Waals surface area contributed by atoms with Crippen LogP contribution in [-0.2, 0) is 14.0 Å². The fourth-order valence-corrected chi connectivity index (χ4v) is 4.43. The molecule has 6 heteroatoms. The first-order valence-electron chi connectivity index (χ1n) is 6.75. The van der Waals surface area contributed by atoms with Crippen LogP contribution >= 0.6 is 15.9 Å². The van der Waals surface area contributed by atoms with Crippen molar-refractivity contribution < 1.29 is 19.1 Å². The molecule has 1 aliphatic heterocycles. The maximum absolute atomic E-state index is 12.0.